The Morgan fingerprint density at radius 1 is 0.962 bits per heavy atom. The number of ether oxygens (including phenoxy) is 1. The second-order valence-corrected chi connectivity index (χ2v) is 5.28. The summed E-state index contributed by atoms with van der Waals surface area (Å²) in [5.74, 6) is 0.750. The predicted molar refractivity (Wildman–Crippen MR) is 107 cm³/mol. The molecule has 0 heterocycles. The van der Waals surface area contributed by atoms with Gasteiger partial charge in [0.1, 0.15) is 5.75 Å². The number of halogens is 4. The van der Waals surface area contributed by atoms with Gasteiger partial charge in [0.05, 0.1) is 0 Å². The van der Waals surface area contributed by atoms with Crippen LogP contribution in [0, 0.1) is 0 Å². The van der Waals surface area contributed by atoms with Crippen molar-refractivity contribution in [3.8, 4) is 5.75 Å². The molecule has 0 aromatic heterocycles. The van der Waals surface area contributed by atoms with Crippen molar-refractivity contribution in [2.24, 2.45) is 4.99 Å². The van der Waals surface area contributed by atoms with Crippen molar-refractivity contribution in [2.75, 3.05) is 13.7 Å². The van der Waals surface area contributed by atoms with Gasteiger partial charge < -0.3 is 15.4 Å². The van der Waals surface area contributed by atoms with Gasteiger partial charge in [0.2, 0.25) is 0 Å². The van der Waals surface area contributed by atoms with E-state index in [-0.39, 0.29) is 29.7 Å². The molecule has 0 saturated carbocycles. The minimum absolute atomic E-state index is 0. The van der Waals surface area contributed by atoms with Crippen LogP contribution in [0.25, 0.3) is 0 Å². The molecular formula is C18H21F3IN3O. The standard InChI is InChI=1S/C18H20F3N3O.HI/c1-22-17(23-11-14-7-3-2-4-8-14)24-12-15-9-5-6-10-16(15)25-13-18(19,20)21;/h2-10H,11-13H2,1H3,(H2,22,23,24);1H. The molecule has 0 radical (unpaired) electrons. The Labute approximate surface area is 167 Å². The summed E-state index contributed by atoms with van der Waals surface area (Å²) in [6.45, 7) is -0.430. The molecule has 0 aliphatic carbocycles. The molecule has 0 unspecified atom stereocenters. The van der Waals surface area contributed by atoms with Crippen LogP contribution in [-0.4, -0.2) is 25.8 Å². The third-order valence-electron chi connectivity index (χ3n) is 3.34. The summed E-state index contributed by atoms with van der Waals surface area (Å²) in [4.78, 5) is 4.11. The molecule has 2 rings (SSSR count). The van der Waals surface area contributed by atoms with Crippen molar-refractivity contribution in [1.82, 2.24) is 10.6 Å². The van der Waals surface area contributed by atoms with Gasteiger partial charge in [-0.15, -0.1) is 24.0 Å². The lowest BCUT2D eigenvalue weighted by Gasteiger charge is -2.15. The SMILES string of the molecule is CN=C(NCc1ccccc1)NCc1ccccc1OCC(F)(F)F.I. The monoisotopic (exact) mass is 479 g/mol. The summed E-state index contributed by atoms with van der Waals surface area (Å²) in [6.07, 6.45) is -4.37. The molecule has 0 saturated heterocycles. The van der Waals surface area contributed by atoms with Gasteiger partial charge in [0.25, 0.3) is 0 Å². The average Bonchev–Trinajstić information content (AvgIpc) is 2.61. The van der Waals surface area contributed by atoms with E-state index in [2.05, 4.69) is 15.6 Å². The van der Waals surface area contributed by atoms with Crippen LogP contribution in [0.2, 0.25) is 0 Å². The highest BCUT2D eigenvalue weighted by Crippen LogP contribution is 2.22. The minimum Gasteiger partial charge on any atom is -0.484 e. The Morgan fingerprint density at radius 2 is 1.58 bits per heavy atom. The Bertz CT molecular complexity index is 694. The lowest BCUT2D eigenvalue weighted by molar-refractivity contribution is -0.153. The van der Waals surface area contributed by atoms with E-state index < -0.39 is 12.8 Å². The van der Waals surface area contributed by atoms with Gasteiger partial charge >= 0.3 is 6.18 Å². The fourth-order valence-corrected chi connectivity index (χ4v) is 2.13. The predicted octanol–water partition coefficient (Wildman–Crippen LogP) is 4.11. The molecule has 2 N–H and O–H groups in total. The van der Waals surface area contributed by atoms with Crippen LogP contribution in [0.3, 0.4) is 0 Å². The summed E-state index contributed by atoms with van der Waals surface area (Å²) < 4.78 is 41.9. The van der Waals surface area contributed by atoms with Crippen LogP contribution in [0.15, 0.2) is 59.6 Å². The highest BCUT2D eigenvalue weighted by atomic mass is 127. The van der Waals surface area contributed by atoms with Crippen molar-refractivity contribution in [1.29, 1.82) is 0 Å². The number of benzene rings is 2. The maximum atomic E-state index is 12.3. The number of nitrogens with one attached hydrogen (secondary N) is 2. The quantitative estimate of drug-likeness (QED) is 0.373. The van der Waals surface area contributed by atoms with Gasteiger partial charge in [0, 0.05) is 25.7 Å². The van der Waals surface area contributed by atoms with E-state index in [0.717, 1.165) is 5.56 Å². The number of rotatable bonds is 6. The maximum absolute atomic E-state index is 12.3. The summed E-state index contributed by atoms with van der Waals surface area (Å²) in [6, 6.07) is 16.4. The molecule has 0 atom stereocenters. The first kappa shape index (κ1) is 22.1. The third-order valence-corrected chi connectivity index (χ3v) is 3.34. The van der Waals surface area contributed by atoms with Gasteiger partial charge in [-0.1, -0.05) is 48.5 Å². The smallest absolute Gasteiger partial charge is 0.422 e. The molecule has 0 spiro atoms. The fraction of sp³-hybridized carbons (Fsp3) is 0.278. The molecule has 8 heteroatoms. The number of aliphatic imine (C=N–C) groups is 1. The van der Waals surface area contributed by atoms with Crippen molar-refractivity contribution >= 4 is 29.9 Å². The minimum atomic E-state index is -4.37. The lowest BCUT2D eigenvalue weighted by atomic mass is 10.2. The first-order valence-corrected chi connectivity index (χ1v) is 7.74. The first-order chi connectivity index (χ1) is 12.0. The molecule has 0 aliphatic rings. The zero-order valence-corrected chi connectivity index (χ0v) is 16.5. The summed E-state index contributed by atoms with van der Waals surface area (Å²) in [7, 11) is 1.63. The maximum Gasteiger partial charge on any atom is 0.422 e. The van der Waals surface area contributed by atoms with E-state index in [1.807, 2.05) is 30.3 Å². The molecule has 0 aliphatic heterocycles. The van der Waals surface area contributed by atoms with Crippen LogP contribution < -0.4 is 15.4 Å². The number of nitrogens with zero attached hydrogens (tertiary/aromatic N) is 1. The number of guanidine groups is 1. The van der Waals surface area contributed by atoms with Gasteiger partial charge in [0.15, 0.2) is 12.6 Å². The molecule has 0 bridgehead atoms. The number of para-hydroxylation sites is 1. The first-order valence-electron chi connectivity index (χ1n) is 7.74. The number of alkyl halides is 3. The number of hydrogen-bond acceptors (Lipinski definition) is 2. The molecule has 26 heavy (non-hydrogen) atoms. The molecule has 0 amide bonds. The molecule has 142 valence electrons. The zero-order chi connectivity index (χ0) is 18.1. The summed E-state index contributed by atoms with van der Waals surface area (Å²) in [5, 5.41) is 6.22. The largest absolute Gasteiger partial charge is 0.484 e. The van der Waals surface area contributed by atoms with Gasteiger partial charge in [-0.25, -0.2) is 0 Å². The van der Waals surface area contributed by atoms with Crippen molar-refractivity contribution in [2.45, 2.75) is 19.3 Å². The van der Waals surface area contributed by atoms with E-state index in [1.54, 1.807) is 25.2 Å². The van der Waals surface area contributed by atoms with E-state index in [9.17, 15) is 13.2 Å². The van der Waals surface area contributed by atoms with E-state index in [0.29, 0.717) is 24.6 Å². The Kier molecular flexibility index (Phi) is 9.25. The van der Waals surface area contributed by atoms with Gasteiger partial charge in [-0.05, 0) is 11.6 Å². The average molecular weight is 479 g/mol. The highest BCUT2D eigenvalue weighted by Gasteiger charge is 2.28. The van der Waals surface area contributed by atoms with Crippen LogP contribution >= 0.6 is 24.0 Å². The summed E-state index contributed by atoms with van der Waals surface area (Å²) >= 11 is 0. The fourth-order valence-electron chi connectivity index (χ4n) is 2.13. The molecule has 4 nitrogen and oxygen atoms in total. The second-order valence-electron chi connectivity index (χ2n) is 5.28. The molecule has 0 fully saturated rings. The normalized spacial score (nSPS) is 11.5. The van der Waals surface area contributed by atoms with Crippen molar-refractivity contribution < 1.29 is 17.9 Å². The van der Waals surface area contributed by atoms with E-state index >= 15 is 0 Å². The van der Waals surface area contributed by atoms with Crippen LogP contribution in [0.1, 0.15) is 11.1 Å². The van der Waals surface area contributed by atoms with E-state index in [1.165, 1.54) is 6.07 Å². The Hall–Kier alpha value is -1.97. The topological polar surface area (TPSA) is 45.7 Å². The molecular weight excluding hydrogens is 458 g/mol. The Balaban J connectivity index is 0.00000338. The van der Waals surface area contributed by atoms with Gasteiger partial charge in [-0.3, -0.25) is 4.99 Å². The van der Waals surface area contributed by atoms with Crippen molar-refractivity contribution in [3.63, 3.8) is 0 Å². The van der Waals surface area contributed by atoms with Crippen LogP contribution in [0.5, 0.6) is 5.75 Å². The van der Waals surface area contributed by atoms with Crippen LogP contribution in [-0.2, 0) is 13.1 Å². The van der Waals surface area contributed by atoms with E-state index in [4.69, 9.17) is 4.74 Å². The Morgan fingerprint density at radius 3 is 2.23 bits per heavy atom. The van der Waals surface area contributed by atoms with Gasteiger partial charge in [-0.2, -0.15) is 13.2 Å². The second kappa shape index (κ2) is 10.9. The van der Waals surface area contributed by atoms with Crippen molar-refractivity contribution in [3.05, 3.63) is 65.7 Å². The lowest BCUT2D eigenvalue weighted by Crippen LogP contribution is -2.36. The third kappa shape index (κ3) is 7.94. The zero-order valence-electron chi connectivity index (χ0n) is 14.2. The van der Waals surface area contributed by atoms with Crippen LogP contribution in [0.4, 0.5) is 13.2 Å². The highest BCUT2D eigenvalue weighted by molar-refractivity contribution is 14.0. The summed E-state index contributed by atoms with van der Waals surface area (Å²) in [5.41, 5.74) is 1.72. The number of hydrogen-bond donors (Lipinski definition) is 2. The molecule has 2 aromatic carbocycles. The molecule has 2 aromatic rings.